The molecule has 1 N–H and O–H groups in total. The van der Waals surface area contributed by atoms with Crippen molar-refractivity contribution in [3.8, 4) is 5.75 Å². The summed E-state index contributed by atoms with van der Waals surface area (Å²) in [5.74, 6) is 1.36. The Hall–Kier alpha value is -1.26. The van der Waals surface area contributed by atoms with Crippen molar-refractivity contribution in [2.24, 2.45) is 0 Å². The summed E-state index contributed by atoms with van der Waals surface area (Å²) in [6.07, 6.45) is 0.819. The first kappa shape index (κ1) is 12.2. The van der Waals surface area contributed by atoms with Gasteiger partial charge in [0.1, 0.15) is 17.6 Å². The number of hydrogen-bond acceptors (Lipinski definition) is 3. The van der Waals surface area contributed by atoms with E-state index in [1.54, 1.807) is 19.4 Å². The van der Waals surface area contributed by atoms with Crippen LogP contribution in [0.25, 0.3) is 0 Å². The van der Waals surface area contributed by atoms with Crippen molar-refractivity contribution in [1.82, 2.24) is 0 Å². The van der Waals surface area contributed by atoms with Gasteiger partial charge < -0.3 is 14.3 Å². The predicted molar refractivity (Wildman–Crippen MR) is 68.2 cm³/mol. The number of ether oxygens (including phenoxy) is 1. The fourth-order valence-electron chi connectivity index (χ4n) is 1.76. The van der Waals surface area contributed by atoms with Gasteiger partial charge in [0.2, 0.25) is 0 Å². The largest absolute Gasteiger partial charge is 0.496 e. The Kier molecular flexibility index (Phi) is 3.54. The Labute approximate surface area is 108 Å². The fourth-order valence-corrected chi connectivity index (χ4v) is 2.14. The van der Waals surface area contributed by atoms with Gasteiger partial charge in [0.25, 0.3) is 0 Å². The second-order valence-electron chi connectivity index (χ2n) is 3.72. The van der Waals surface area contributed by atoms with Crippen molar-refractivity contribution >= 4 is 15.9 Å². The number of furan rings is 1. The van der Waals surface area contributed by atoms with Crippen LogP contribution in [0.2, 0.25) is 0 Å². The third kappa shape index (κ3) is 2.37. The molecule has 2 rings (SSSR count). The molecular weight excluding hydrogens is 284 g/mol. The molecule has 0 saturated heterocycles. The lowest BCUT2D eigenvalue weighted by molar-refractivity contribution is 0.212. The lowest BCUT2D eigenvalue weighted by Gasteiger charge is -2.14. The van der Waals surface area contributed by atoms with E-state index in [0.717, 1.165) is 10.0 Å². The van der Waals surface area contributed by atoms with E-state index in [0.29, 0.717) is 17.1 Å². The van der Waals surface area contributed by atoms with Gasteiger partial charge in [0, 0.05) is 15.6 Å². The molecule has 4 heteroatoms. The topological polar surface area (TPSA) is 42.6 Å². The molecule has 0 amide bonds. The van der Waals surface area contributed by atoms with E-state index in [2.05, 4.69) is 15.9 Å². The van der Waals surface area contributed by atoms with Crippen LogP contribution in [0.15, 0.2) is 39.4 Å². The van der Waals surface area contributed by atoms with E-state index in [4.69, 9.17) is 9.15 Å². The van der Waals surface area contributed by atoms with Crippen molar-refractivity contribution in [2.75, 3.05) is 7.11 Å². The number of methoxy groups -OCH3 is 1. The maximum absolute atomic E-state index is 10.3. The third-order valence-electron chi connectivity index (χ3n) is 2.68. The molecule has 0 fully saturated rings. The van der Waals surface area contributed by atoms with Crippen LogP contribution in [-0.4, -0.2) is 12.2 Å². The average Bonchev–Trinajstić information content (AvgIpc) is 2.74. The fraction of sp³-hybridized carbons (Fsp3) is 0.231. The molecule has 3 nitrogen and oxygen atoms in total. The van der Waals surface area contributed by atoms with Gasteiger partial charge in [-0.05, 0) is 31.2 Å². The lowest BCUT2D eigenvalue weighted by atomic mass is 10.0. The minimum absolute atomic E-state index is 0.654. The van der Waals surface area contributed by atoms with Crippen LogP contribution in [0.5, 0.6) is 5.75 Å². The summed E-state index contributed by atoms with van der Waals surface area (Å²) in [7, 11) is 1.59. The molecule has 1 heterocycles. The van der Waals surface area contributed by atoms with Crippen LogP contribution < -0.4 is 4.74 Å². The normalized spacial score (nSPS) is 12.5. The van der Waals surface area contributed by atoms with Crippen LogP contribution in [0, 0.1) is 6.92 Å². The number of aliphatic hydroxyl groups is 1. The minimum Gasteiger partial charge on any atom is -0.496 e. The van der Waals surface area contributed by atoms with Crippen LogP contribution in [0.1, 0.15) is 23.0 Å². The number of hydrogen-bond donors (Lipinski definition) is 1. The molecular formula is C13H13BrO3. The van der Waals surface area contributed by atoms with Gasteiger partial charge in [-0.2, -0.15) is 0 Å². The standard InChI is InChI=1S/C13H13BrO3/c1-8-10(5-6-17-8)13(15)11-7-9(14)3-4-12(11)16-2/h3-7,13,15H,1-2H3. The average molecular weight is 297 g/mol. The van der Waals surface area contributed by atoms with E-state index in [1.165, 1.54) is 0 Å². The highest BCUT2D eigenvalue weighted by atomic mass is 79.9. The molecule has 2 aromatic rings. The van der Waals surface area contributed by atoms with E-state index in [1.807, 2.05) is 25.1 Å². The molecule has 1 aromatic heterocycles. The Morgan fingerprint density at radius 2 is 2.06 bits per heavy atom. The third-order valence-corrected chi connectivity index (χ3v) is 3.17. The number of rotatable bonds is 3. The van der Waals surface area contributed by atoms with Crippen LogP contribution in [0.3, 0.4) is 0 Å². The number of aryl methyl sites for hydroxylation is 1. The summed E-state index contributed by atoms with van der Waals surface area (Å²) >= 11 is 3.39. The minimum atomic E-state index is -0.749. The smallest absolute Gasteiger partial charge is 0.125 e. The van der Waals surface area contributed by atoms with E-state index < -0.39 is 6.10 Å². The van der Waals surface area contributed by atoms with Crippen molar-refractivity contribution in [2.45, 2.75) is 13.0 Å². The zero-order chi connectivity index (χ0) is 12.4. The van der Waals surface area contributed by atoms with E-state index in [9.17, 15) is 5.11 Å². The van der Waals surface area contributed by atoms with E-state index >= 15 is 0 Å². The summed E-state index contributed by atoms with van der Waals surface area (Å²) in [5, 5.41) is 10.3. The maximum atomic E-state index is 10.3. The van der Waals surface area contributed by atoms with Gasteiger partial charge >= 0.3 is 0 Å². The second-order valence-corrected chi connectivity index (χ2v) is 4.64. The summed E-state index contributed by atoms with van der Waals surface area (Å²) in [6.45, 7) is 1.82. The number of benzene rings is 1. The maximum Gasteiger partial charge on any atom is 0.125 e. The summed E-state index contributed by atoms with van der Waals surface area (Å²) < 4.78 is 11.3. The number of halogens is 1. The van der Waals surface area contributed by atoms with Crippen LogP contribution in [0.4, 0.5) is 0 Å². The Bertz CT molecular complexity index is 519. The zero-order valence-corrected chi connectivity index (χ0v) is 11.2. The highest BCUT2D eigenvalue weighted by Gasteiger charge is 2.19. The molecule has 0 radical (unpaired) electrons. The summed E-state index contributed by atoms with van der Waals surface area (Å²) in [5.41, 5.74) is 1.47. The molecule has 0 aliphatic rings. The van der Waals surface area contributed by atoms with Crippen molar-refractivity contribution < 1.29 is 14.3 Å². The van der Waals surface area contributed by atoms with E-state index in [-0.39, 0.29) is 0 Å². The summed E-state index contributed by atoms with van der Waals surface area (Å²) in [4.78, 5) is 0. The molecule has 17 heavy (non-hydrogen) atoms. The molecule has 1 aromatic carbocycles. The Morgan fingerprint density at radius 1 is 1.29 bits per heavy atom. The molecule has 0 aliphatic carbocycles. The quantitative estimate of drug-likeness (QED) is 0.943. The second kappa shape index (κ2) is 4.94. The Morgan fingerprint density at radius 3 is 2.65 bits per heavy atom. The van der Waals surface area contributed by atoms with Gasteiger partial charge in [-0.25, -0.2) is 0 Å². The first-order valence-corrected chi connectivity index (χ1v) is 5.98. The monoisotopic (exact) mass is 296 g/mol. The Balaban J connectivity index is 2.46. The summed E-state index contributed by atoms with van der Waals surface area (Å²) in [6, 6.07) is 7.30. The van der Waals surface area contributed by atoms with Crippen LogP contribution >= 0.6 is 15.9 Å². The molecule has 0 spiro atoms. The number of aliphatic hydroxyl groups excluding tert-OH is 1. The zero-order valence-electron chi connectivity index (χ0n) is 9.61. The highest BCUT2D eigenvalue weighted by Crippen LogP contribution is 2.33. The first-order chi connectivity index (χ1) is 8.13. The van der Waals surface area contributed by atoms with Gasteiger partial charge in [-0.1, -0.05) is 15.9 Å². The SMILES string of the molecule is COc1ccc(Br)cc1C(O)c1ccoc1C. The molecule has 90 valence electrons. The molecule has 0 aliphatic heterocycles. The van der Waals surface area contributed by atoms with Gasteiger partial charge in [0.15, 0.2) is 0 Å². The molecule has 0 bridgehead atoms. The van der Waals surface area contributed by atoms with Gasteiger partial charge in [-0.3, -0.25) is 0 Å². The predicted octanol–water partition coefficient (Wildman–Crippen LogP) is 3.44. The molecule has 1 unspecified atom stereocenters. The van der Waals surface area contributed by atoms with Crippen LogP contribution in [-0.2, 0) is 0 Å². The van der Waals surface area contributed by atoms with Crippen molar-refractivity contribution in [3.63, 3.8) is 0 Å². The highest BCUT2D eigenvalue weighted by molar-refractivity contribution is 9.10. The van der Waals surface area contributed by atoms with Crippen molar-refractivity contribution in [1.29, 1.82) is 0 Å². The van der Waals surface area contributed by atoms with Gasteiger partial charge in [-0.15, -0.1) is 0 Å². The molecule has 0 saturated carbocycles. The van der Waals surface area contributed by atoms with Crippen molar-refractivity contribution in [3.05, 3.63) is 51.9 Å². The lowest BCUT2D eigenvalue weighted by Crippen LogP contribution is -2.02. The van der Waals surface area contributed by atoms with Gasteiger partial charge in [0.05, 0.1) is 13.4 Å². The first-order valence-electron chi connectivity index (χ1n) is 5.19. The molecule has 1 atom stereocenters.